The molecule has 1 unspecified atom stereocenters. The van der Waals surface area contributed by atoms with Crippen molar-refractivity contribution in [3.8, 4) is 0 Å². The van der Waals surface area contributed by atoms with Crippen LogP contribution in [0.15, 0.2) is 18.2 Å². The molecule has 0 heterocycles. The summed E-state index contributed by atoms with van der Waals surface area (Å²) < 4.78 is 0. The highest BCUT2D eigenvalue weighted by molar-refractivity contribution is 9.09. The molecule has 0 radical (unpaired) electrons. The molecule has 1 amide bonds. The van der Waals surface area contributed by atoms with E-state index in [9.17, 15) is 4.79 Å². The lowest BCUT2D eigenvalue weighted by Crippen LogP contribution is -2.33. The predicted molar refractivity (Wildman–Crippen MR) is 71.5 cm³/mol. The van der Waals surface area contributed by atoms with E-state index in [4.69, 9.17) is 11.6 Å². The first-order valence-electron chi connectivity index (χ1n) is 5.17. The van der Waals surface area contributed by atoms with Gasteiger partial charge in [0.2, 0.25) is 0 Å². The van der Waals surface area contributed by atoms with Gasteiger partial charge in [-0.3, -0.25) is 4.79 Å². The highest BCUT2D eigenvalue weighted by Crippen LogP contribution is 2.15. The highest BCUT2D eigenvalue weighted by atomic mass is 79.9. The first-order chi connectivity index (χ1) is 7.54. The van der Waals surface area contributed by atoms with E-state index in [0.717, 1.165) is 17.3 Å². The molecule has 0 saturated carbocycles. The summed E-state index contributed by atoms with van der Waals surface area (Å²) in [7, 11) is 0. The minimum Gasteiger partial charge on any atom is -0.350 e. The van der Waals surface area contributed by atoms with Gasteiger partial charge in [0.05, 0.1) is 0 Å². The van der Waals surface area contributed by atoms with Gasteiger partial charge in [-0.25, -0.2) is 0 Å². The van der Waals surface area contributed by atoms with E-state index in [-0.39, 0.29) is 11.9 Å². The van der Waals surface area contributed by atoms with Crippen molar-refractivity contribution in [3.05, 3.63) is 34.3 Å². The van der Waals surface area contributed by atoms with Crippen LogP contribution >= 0.6 is 27.5 Å². The zero-order valence-corrected chi connectivity index (χ0v) is 11.7. The summed E-state index contributed by atoms with van der Waals surface area (Å²) in [5.74, 6) is -0.0392. The van der Waals surface area contributed by atoms with Crippen molar-refractivity contribution in [3.63, 3.8) is 0 Å². The summed E-state index contributed by atoms with van der Waals surface area (Å²) in [6.45, 7) is 3.88. The number of nitrogens with one attached hydrogen (secondary N) is 1. The van der Waals surface area contributed by atoms with Crippen molar-refractivity contribution >= 4 is 33.4 Å². The number of hydrogen-bond donors (Lipinski definition) is 1. The second-order valence-corrected chi connectivity index (χ2v) is 5.04. The molecule has 0 fully saturated rings. The molecule has 1 aromatic rings. The van der Waals surface area contributed by atoms with Crippen molar-refractivity contribution in [2.45, 2.75) is 26.3 Å². The van der Waals surface area contributed by atoms with E-state index in [2.05, 4.69) is 21.2 Å². The van der Waals surface area contributed by atoms with E-state index in [0.29, 0.717) is 10.6 Å². The standard InChI is InChI=1S/C12H15BrClNO/c1-8-7-10(14)3-4-11(8)12(16)15-9(2)5-6-13/h3-4,7,9H,5-6H2,1-2H3,(H,15,16). The van der Waals surface area contributed by atoms with Crippen molar-refractivity contribution in [2.75, 3.05) is 5.33 Å². The first kappa shape index (κ1) is 13.5. The molecule has 1 rings (SSSR count). The Morgan fingerprint density at radius 3 is 2.81 bits per heavy atom. The third-order valence-corrected chi connectivity index (χ3v) is 3.05. The minimum atomic E-state index is -0.0392. The number of aryl methyl sites for hydroxylation is 1. The zero-order valence-electron chi connectivity index (χ0n) is 9.39. The summed E-state index contributed by atoms with van der Waals surface area (Å²) in [6.07, 6.45) is 0.915. The predicted octanol–water partition coefficient (Wildman–Crippen LogP) is 3.55. The summed E-state index contributed by atoms with van der Waals surface area (Å²) in [6, 6.07) is 5.46. The van der Waals surface area contributed by atoms with E-state index in [1.807, 2.05) is 13.8 Å². The number of alkyl halides is 1. The molecule has 0 saturated heterocycles. The first-order valence-corrected chi connectivity index (χ1v) is 6.67. The lowest BCUT2D eigenvalue weighted by atomic mass is 10.1. The van der Waals surface area contributed by atoms with Gasteiger partial charge in [0.15, 0.2) is 0 Å². The van der Waals surface area contributed by atoms with Crippen LogP contribution in [0.4, 0.5) is 0 Å². The molecule has 2 nitrogen and oxygen atoms in total. The summed E-state index contributed by atoms with van der Waals surface area (Å²) in [5, 5.41) is 4.48. The highest BCUT2D eigenvalue weighted by Gasteiger charge is 2.11. The molecule has 4 heteroatoms. The van der Waals surface area contributed by atoms with Crippen LogP contribution in [0.5, 0.6) is 0 Å². The molecule has 1 aromatic carbocycles. The third kappa shape index (κ3) is 3.80. The second kappa shape index (κ2) is 6.26. The molecule has 88 valence electrons. The molecule has 0 spiro atoms. The number of halogens is 2. The molecule has 1 atom stereocenters. The molecular weight excluding hydrogens is 289 g/mol. The van der Waals surface area contributed by atoms with Gasteiger partial charge in [-0.05, 0) is 44.0 Å². The topological polar surface area (TPSA) is 29.1 Å². The fourth-order valence-electron chi connectivity index (χ4n) is 1.42. The molecule has 0 aliphatic heterocycles. The van der Waals surface area contributed by atoms with E-state index in [1.54, 1.807) is 18.2 Å². The quantitative estimate of drug-likeness (QED) is 0.847. The van der Waals surface area contributed by atoms with Crippen LogP contribution in [0.25, 0.3) is 0 Å². The van der Waals surface area contributed by atoms with Crippen molar-refractivity contribution in [2.24, 2.45) is 0 Å². The molecule has 0 aromatic heterocycles. The SMILES string of the molecule is Cc1cc(Cl)ccc1C(=O)NC(C)CCBr. The third-order valence-electron chi connectivity index (χ3n) is 2.35. The molecular formula is C12H15BrClNO. The molecule has 0 aliphatic rings. The van der Waals surface area contributed by atoms with E-state index in [1.165, 1.54) is 0 Å². The second-order valence-electron chi connectivity index (χ2n) is 3.81. The molecule has 0 bridgehead atoms. The Kier molecular flexibility index (Phi) is 5.29. The lowest BCUT2D eigenvalue weighted by Gasteiger charge is -2.13. The number of carbonyl (C=O) groups excluding carboxylic acids is 1. The Balaban J connectivity index is 2.73. The van der Waals surface area contributed by atoms with Crippen LogP contribution in [0.1, 0.15) is 29.3 Å². The monoisotopic (exact) mass is 303 g/mol. The average molecular weight is 305 g/mol. The van der Waals surface area contributed by atoms with Gasteiger partial charge in [0.25, 0.3) is 5.91 Å². The van der Waals surface area contributed by atoms with Gasteiger partial charge < -0.3 is 5.32 Å². The van der Waals surface area contributed by atoms with Crippen molar-refractivity contribution < 1.29 is 4.79 Å². The Morgan fingerprint density at radius 2 is 2.25 bits per heavy atom. The van der Waals surface area contributed by atoms with Crippen LogP contribution in [0, 0.1) is 6.92 Å². The molecule has 16 heavy (non-hydrogen) atoms. The molecule has 1 N–H and O–H groups in total. The van der Waals surface area contributed by atoms with Crippen molar-refractivity contribution in [1.82, 2.24) is 5.32 Å². The molecule has 0 aliphatic carbocycles. The largest absolute Gasteiger partial charge is 0.350 e. The fraction of sp³-hybridized carbons (Fsp3) is 0.417. The Morgan fingerprint density at radius 1 is 1.56 bits per heavy atom. The number of benzene rings is 1. The Hall–Kier alpha value is -0.540. The normalized spacial score (nSPS) is 12.2. The lowest BCUT2D eigenvalue weighted by molar-refractivity contribution is 0.0939. The maximum atomic E-state index is 11.9. The van der Waals surface area contributed by atoms with Crippen LogP contribution in [0.2, 0.25) is 5.02 Å². The Labute approximate surface area is 110 Å². The average Bonchev–Trinajstić information content (AvgIpc) is 2.17. The van der Waals surface area contributed by atoms with Gasteiger partial charge in [-0.1, -0.05) is 27.5 Å². The van der Waals surface area contributed by atoms with Gasteiger partial charge in [0.1, 0.15) is 0 Å². The fourth-order valence-corrected chi connectivity index (χ4v) is 2.33. The van der Waals surface area contributed by atoms with Crippen molar-refractivity contribution in [1.29, 1.82) is 0 Å². The van der Waals surface area contributed by atoms with Gasteiger partial charge in [-0.15, -0.1) is 0 Å². The van der Waals surface area contributed by atoms with Gasteiger partial charge in [0, 0.05) is 22.0 Å². The number of carbonyl (C=O) groups is 1. The Bertz CT molecular complexity index is 381. The van der Waals surface area contributed by atoms with Gasteiger partial charge in [-0.2, -0.15) is 0 Å². The number of hydrogen-bond acceptors (Lipinski definition) is 1. The van der Waals surface area contributed by atoms with Gasteiger partial charge >= 0.3 is 0 Å². The van der Waals surface area contributed by atoms with E-state index < -0.39 is 0 Å². The number of rotatable bonds is 4. The maximum Gasteiger partial charge on any atom is 0.251 e. The summed E-state index contributed by atoms with van der Waals surface area (Å²) in [5.41, 5.74) is 1.59. The van der Waals surface area contributed by atoms with E-state index >= 15 is 0 Å². The smallest absolute Gasteiger partial charge is 0.251 e. The number of amides is 1. The maximum absolute atomic E-state index is 11.9. The van der Waals surface area contributed by atoms with Crippen LogP contribution in [0.3, 0.4) is 0 Å². The van der Waals surface area contributed by atoms with Crippen LogP contribution in [-0.4, -0.2) is 17.3 Å². The zero-order chi connectivity index (χ0) is 12.1. The van der Waals surface area contributed by atoms with Crippen LogP contribution in [-0.2, 0) is 0 Å². The minimum absolute atomic E-state index is 0.0392. The summed E-state index contributed by atoms with van der Waals surface area (Å²) >= 11 is 9.19. The summed E-state index contributed by atoms with van der Waals surface area (Å²) in [4.78, 5) is 11.9. The van der Waals surface area contributed by atoms with Crippen LogP contribution < -0.4 is 5.32 Å².